The molecule has 0 aliphatic carbocycles. The third kappa shape index (κ3) is 4.03. The minimum atomic E-state index is 0.874. The molecule has 2 aromatic heterocycles. The third-order valence-electron chi connectivity index (χ3n) is 2.88. The minimum absolute atomic E-state index is 0.874. The summed E-state index contributed by atoms with van der Waals surface area (Å²) in [5.41, 5.74) is 2.49. The SMILES string of the molecule is CCNc1ncccc1CN(C)Cc1ccncc1. The summed E-state index contributed by atoms with van der Waals surface area (Å²) in [4.78, 5) is 10.7. The van der Waals surface area contributed by atoms with Crippen molar-refractivity contribution in [1.29, 1.82) is 0 Å². The average molecular weight is 256 g/mol. The van der Waals surface area contributed by atoms with Crippen LogP contribution in [0.3, 0.4) is 0 Å². The Kier molecular flexibility index (Phi) is 4.86. The van der Waals surface area contributed by atoms with E-state index in [0.29, 0.717) is 0 Å². The van der Waals surface area contributed by atoms with Crippen LogP contribution in [0.25, 0.3) is 0 Å². The maximum atomic E-state index is 4.38. The Morgan fingerprint density at radius 3 is 2.63 bits per heavy atom. The molecule has 100 valence electrons. The molecule has 0 unspecified atom stereocenters. The number of pyridine rings is 2. The fraction of sp³-hybridized carbons (Fsp3) is 0.333. The molecule has 4 heteroatoms. The van der Waals surface area contributed by atoms with E-state index in [2.05, 4.69) is 40.2 Å². The summed E-state index contributed by atoms with van der Waals surface area (Å²) in [7, 11) is 2.11. The van der Waals surface area contributed by atoms with E-state index in [9.17, 15) is 0 Å². The van der Waals surface area contributed by atoms with Crippen LogP contribution < -0.4 is 5.32 Å². The highest BCUT2D eigenvalue weighted by molar-refractivity contribution is 5.43. The summed E-state index contributed by atoms with van der Waals surface area (Å²) >= 11 is 0. The molecule has 0 amide bonds. The van der Waals surface area contributed by atoms with E-state index in [1.807, 2.05) is 36.8 Å². The van der Waals surface area contributed by atoms with Gasteiger partial charge < -0.3 is 5.32 Å². The molecule has 0 radical (unpaired) electrons. The highest BCUT2D eigenvalue weighted by Gasteiger charge is 2.06. The summed E-state index contributed by atoms with van der Waals surface area (Å²) in [5.74, 6) is 0.978. The lowest BCUT2D eigenvalue weighted by Crippen LogP contribution is -2.18. The lowest BCUT2D eigenvalue weighted by molar-refractivity contribution is 0.319. The predicted molar refractivity (Wildman–Crippen MR) is 77.8 cm³/mol. The van der Waals surface area contributed by atoms with Crippen molar-refractivity contribution in [2.24, 2.45) is 0 Å². The van der Waals surface area contributed by atoms with Crippen molar-refractivity contribution >= 4 is 5.82 Å². The Hall–Kier alpha value is -1.94. The highest BCUT2D eigenvalue weighted by Crippen LogP contribution is 2.14. The van der Waals surface area contributed by atoms with E-state index in [0.717, 1.165) is 25.5 Å². The summed E-state index contributed by atoms with van der Waals surface area (Å²) in [5, 5.41) is 3.30. The Bertz CT molecular complexity index is 499. The lowest BCUT2D eigenvalue weighted by atomic mass is 10.2. The molecular formula is C15H20N4. The fourth-order valence-electron chi connectivity index (χ4n) is 2.04. The van der Waals surface area contributed by atoms with Gasteiger partial charge in [-0.2, -0.15) is 0 Å². The molecule has 1 N–H and O–H groups in total. The third-order valence-corrected chi connectivity index (χ3v) is 2.88. The number of nitrogens with zero attached hydrogens (tertiary/aromatic N) is 3. The van der Waals surface area contributed by atoms with Crippen molar-refractivity contribution in [3.8, 4) is 0 Å². The number of hydrogen-bond acceptors (Lipinski definition) is 4. The van der Waals surface area contributed by atoms with Crippen LogP contribution in [0, 0.1) is 0 Å². The van der Waals surface area contributed by atoms with Crippen molar-refractivity contribution in [2.75, 3.05) is 18.9 Å². The number of rotatable bonds is 6. The predicted octanol–water partition coefficient (Wildman–Crippen LogP) is 2.54. The van der Waals surface area contributed by atoms with Gasteiger partial charge in [-0.25, -0.2) is 4.98 Å². The molecule has 19 heavy (non-hydrogen) atoms. The van der Waals surface area contributed by atoms with E-state index in [1.165, 1.54) is 11.1 Å². The molecule has 2 heterocycles. The monoisotopic (exact) mass is 256 g/mol. The van der Waals surface area contributed by atoms with Gasteiger partial charge in [0.25, 0.3) is 0 Å². The van der Waals surface area contributed by atoms with Crippen molar-refractivity contribution in [3.05, 3.63) is 54.0 Å². The zero-order valence-corrected chi connectivity index (χ0v) is 11.5. The van der Waals surface area contributed by atoms with Crippen LogP contribution >= 0.6 is 0 Å². The van der Waals surface area contributed by atoms with Crippen LogP contribution in [0.1, 0.15) is 18.1 Å². The van der Waals surface area contributed by atoms with Gasteiger partial charge in [0, 0.05) is 43.8 Å². The van der Waals surface area contributed by atoms with Crippen LogP contribution in [-0.4, -0.2) is 28.5 Å². The van der Waals surface area contributed by atoms with Gasteiger partial charge in [-0.3, -0.25) is 9.88 Å². The van der Waals surface area contributed by atoms with Gasteiger partial charge >= 0.3 is 0 Å². The first-order chi connectivity index (χ1) is 9.29. The molecule has 2 aromatic rings. The minimum Gasteiger partial charge on any atom is -0.370 e. The largest absolute Gasteiger partial charge is 0.370 e. The Morgan fingerprint density at radius 1 is 1.11 bits per heavy atom. The standard InChI is InChI=1S/C15H20N4/c1-3-17-15-14(5-4-8-18-15)12-19(2)11-13-6-9-16-10-7-13/h4-10H,3,11-12H2,1-2H3,(H,17,18). The van der Waals surface area contributed by atoms with E-state index >= 15 is 0 Å². The number of nitrogens with one attached hydrogen (secondary N) is 1. The Labute approximate surface area is 114 Å². The first-order valence-electron chi connectivity index (χ1n) is 6.54. The van der Waals surface area contributed by atoms with Crippen LogP contribution in [0.2, 0.25) is 0 Å². The normalized spacial score (nSPS) is 10.7. The molecular weight excluding hydrogens is 236 g/mol. The second-order valence-electron chi connectivity index (χ2n) is 4.57. The van der Waals surface area contributed by atoms with Crippen LogP contribution in [0.15, 0.2) is 42.9 Å². The van der Waals surface area contributed by atoms with Crippen molar-refractivity contribution in [3.63, 3.8) is 0 Å². The molecule has 2 rings (SSSR count). The van der Waals surface area contributed by atoms with Gasteiger partial charge in [0.05, 0.1) is 0 Å². The van der Waals surface area contributed by atoms with Gasteiger partial charge in [-0.15, -0.1) is 0 Å². The molecule has 0 aliphatic heterocycles. The zero-order valence-electron chi connectivity index (χ0n) is 11.5. The fourth-order valence-corrected chi connectivity index (χ4v) is 2.04. The van der Waals surface area contributed by atoms with Crippen LogP contribution in [0.5, 0.6) is 0 Å². The zero-order chi connectivity index (χ0) is 13.5. The summed E-state index contributed by atoms with van der Waals surface area (Å²) in [6, 6.07) is 8.19. The maximum Gasteiger partial charge on any atom is 0.130 e. The van der Waals surface area contributed by atoms with Crippen molar-refractivity contribution in [1.82, 2.24) is 14.9 Å². The molecule has 0 aliphatic rings. The number of anilines is 1. The molecule has 0 saturated heterocycles. The summed E-state index contributed by atoms with van der Waals surface area (Å²) < 4.78 is 0. The molecule has 0 saturated carbocycles. The number of aromatic nitrogens is 2. The summed E-state index contributed by atoms with van der Waals surface area (Å²) in [6.07, 6.45) is 5.49. The highest BCUT2D eigenvalue weighted by atomic mass is 15.1. The maximum absolute atomic E-state index is 4.38. The second kappa shape index (κ2) is 6.85. The Balaban J connectivity index is 2.00. The Morgan fingerprint density at radius 2 is 1.89 bits per heavy atom. The molecule has 4 nitrogen and oxygen atoms in total. The molecule has 0 fully saturated rings. The molecule has 0 atom stereocenters. The molecule has 0 bridgehead atoms. The topological polar surface area (TPSA) is 41.1 Å². The van der Waals surface area contributed by atoms with Gasteiger partial charge in [0.2, 0.25) is 0 Å². The quantitative estimate of drug-likeness (QED) is 0.862. The van der Waals surface area contributed by atoms with E-state index < -0.39 is 0 Å². The van der Waals surface area contributed by atoms with Crippen molar-refractivity contribution in [2.45, 2.75) is 20.0 Å². The van der Waals surface area contributed by atoms with Gasteiger partial charge in [-0.1, -0.05) is 6.07 Å². The second-order valence-corrected chi connectivity index (χ2v) is 4.57. The van der Waals surface area contributed by atoms with E-state index in [-0.39, 0.29) is 0 Å². The number of hydrogen-bond donors (Lipinski definition) is 1. The van der Waals surface area contributed by atoms with E-state index in [4.69, 9.17) is 0 Å². The molecule has 0 aromatic carbocycles. The lowest BCUT2D eigenvalue weighted by Gasteiger charge is -2.18. The van der Waals surface area contributed by atoms with Crippen LogP contribution in [0.4, 0.5) is 5.82 Å². The summed E-state index contributed by atoms with van der Waals surface area (Å²) in [6.45, 7) is 4.75. The molecule has 0 spiro atoms. The van der Waals surface area contributed by atoms with Gasteiger partial charge in [-0.05, 0) is 37.7 Å². The average Bonchev–Trinajstić information content (AvgIpc) is 2.42. The van der Waals surface area contributed by atoms with Gasteiger partial charge in [0.15, 0.2) is 0 Å². The smallest absolute Gasteiger partial charge is 0.130 e. The van der Waals surface area contributed by atoms with E-state index in [1.54, 1.807) is 0 Å². The van der Waals surface area contributed by atoms with Crippen molar-refractivity contribution < 1.29 is 0 Å². The van der Waals surface area contributed by atoms with Gasteiger partial charge in [0.1, 0.15) is 5.82 Å². The van der Waals surface area contributed by atoms with Crippen LogP contribution in [-0.2, 0) is 13.1 Å². The first-order valence-corrected chi connectivity index (χ1v) is 6.54. The first kappa shape index (κ1) is 13.5.